The Bertz CT molecular complexity index is 1340. The smallest absolute Gasteiger partial charge is 0.227 e. The van der Waals surface area contributed by atoms with Gasteiger partial charge in [-0.1, -0.05) is 30.3 Å². The lowest BCUT2D eigenvalue weighted by atomic mass is 10.1. The Labute approximate surface area is 199 Å². The van der Waals surface area contributed by atoms with Crippen LogP contribution in [0.1, 0.15) is 29.3 Å². The fourth-order valence-corrected chi connectivity index (χ4v) is 4.66. The van der Waals surface area contributed by atoms with Gasteiger partial charge < -0.3 is 18.9 Å². The summed E-state index contributed by atoms with van der Waals surface area (Å²) in [7, 11) is 1.64. The maximum atomic E-state index is 13.0. The quantitative estimate of drug-likeness (QED) is 0.381. The van der Waals surface area contributed by atoms with Crippen LogP contribution in [0.5, 0.6) is 11.5 Å². The van der Waals surface area contributed by atoms with Gasteiger partial charge in [-0.15, -0.1) is 0 Å². The molecule has 1 unspecified atom stereocenters. The van der Waals surface area contributed by atoms with Crippen LogP contribution in [0.3, 0.4) is 0 Å². The number of carbonyl (C=O) groups is 1. The van der Waals surface area contributed by atoms with E-state index in [-0.39, 0.29) is 11.8 Å². The van der Waals surface area contributed by atoms with Gasteiger partial charge in [-0.3, -0.25) is 4.79 Å². The number of benzene rings is 3. The Morgan fingerprint density at radius 2 is 1.88 bits per heavy atom. The van der Waals surface area contributed by atoms with Gasteiger partial charge in [0.15, 0.2) is 0 Å². The largest absolute Gasteiger partial charge is 0.497 e. The van der Waals surface area contributed by atoms with Crippen molar-refractivity contribution in [1.29, 1.82) is 0 Å². The molecule has 1 aliphatic rings. The molecule has 4 aromatic rings. The zero-order chi connectivity index (χ0) is 23.7. The van der Waals surface area contributed by atoms with Crippen LogP contribution in [-0.2, 0) is 11.3 Å². The summed E-state index contributed by atoms with van der Waals surface area (Å²) in [4.78, 5) is 19.8. The second-order valence-electron chi connectivity index (χ2n) is 8.83. The summed E-state index contributed by atoms with van der Waals surface area (Å²) in [6.07, 6.45) is 0.429. The van der Waals surface area contributed by atoms with Crippen LogP contribution in [0.15, 0.2) is 66.7 Å². The van der Waals surface area contributed by atoms with Crippen molar-refractivity contribution in [3.8, 4) is 11.5 Å². The lowest BCUT2D eigenvalue weighted by molar-refractivity contribution is -0.117. The third-order valence-corrected chi connectivity index (χ3v) is 6.46. The maximum absolute atomic E-state index is 13.0. The van der Waals surface area contributed by atoms with E-state index in [2.05, 4.69) is 42.7 Å². The molecule has 0 aliphatic carbocycles. The normalized spacial score (nSPS) is 15.8. The highest BCUT2D eigenvalue weighted by atomic mass is 16.5. The number of fused-ring (bicyclic) bond motifs is 1. The third-order valence-electron chi connectivity index (χ3n) is 6.46. The summed E-state index contributed by atoms with van der Waals surface area (Å²) in [5, 5.41) is 0. The summed E-state index contributed by atoms with van der Waals surface area (Å²) >= 11 is 0. The SMILES string of the molecule is COc1cccc(N2CC(c3nc4ccccc4n3CCOc3cc(C)ccc3C)CC2=O)c1. The molecule has 1 aliphatic heterocycles. The summed E-state index contributed by atoms with van der Waals surface area (Å²) in [6, 6.07) is 22.0. The van der Waals surface area contributed by atoms with E-state index in [9.17, 15) is 4.79 Å². The number of carbonyl (C=O) groups excluding carboxylic acids is 1. The molecule has 1 saturated heterocycles. The Morgan fingerprint density at radius 1 is 1.03 bits per heavy atom. The van der Waals surface area contributed by atoms with Gasteiger partial charge in [-0.05, 0) is 55.3 Å². The number of aryl methyl sites for hydroxylation is 2. The van der Waals surface area contributed by atoms with Crippen molar-refractivity contribution in [3.05, 3.63) is 83.7 Å². The number of amides is 1. The van der Waals surface area contributed by atoms with Gasteiger partial charge >= 0.3 is 0 Å². The minimum Gasteiger partial charge on any atom is -0.497 e. The van der Waals surface area contributed by atoms with Crippen LogP contribution >= 0.6 is 0 Å². The Kier molecular flexibility index (Phi) is 5.97. The Morgan fingerprint density at radius 3 is 2.74 bits per heavy atom. The first-order chi connectivity index (χ1) is 16.5. The second kappa shape index (κ2) is 9.21. The van der Waals surface area contributed by atoms with E-state index in [0.717, 1.165) is 39.6 Å². The standard InChI is InChI=1S/C28H29N3O3/c1-19-11-12-20(2)26(15-19)34-14-13-30-25-10-5-4-9-24(25)29-28(30)21-16-27(32)31(18-21)22-7-6-8-23(17-22)33-3/h4-12,15,17,21H,13-14,16,18H2,1-3H3. The highest BCUT2D eigenvalue weighted by Gasteiger charge is 2.35. The number of imidazole rings is 1. The lowest BCUT2D eigenvalue weighted by Crippen LogP contribution is -2.24. The highest BCUT2D eigenvalue weighted by Crippen LogP contribution is 2.34. The van der Waals surface area contributed by atoms with Gasteiger partial charge in [0, 0.05) is 30.6 Å². The molecule has 0 N–H and O–H groups in total. The lowest BCUT2D eigenvalue weighted by Gasteiger charge is -2.18. The van der Waals surface area contributed by atoms with Crippen molar-refractivity contribution in [2.75, 3.05) is 25.2 Å². The number of hydrogen-bond acceptors (Lipinski definition) is 4. The zero-order valence-electron chi connectivity index (χ0n) is 19.8. The molecule has 1 atom stereocenters. The first kappa shape index (κ1) is 22.0. The summed E-state index contributed by atoms with van der Waals surface area (Å²) in [5.74, 6) is 2.69. The first-order valence-electron chi connectivity index (χ1n) is 11.6. The fraction of sp³-hybridized carbons (Fsp3) is 0.286. The minimum atomic E-state index is 0.00630. The maximum Gasteiger partial charge on any atom is 0.227 e. The zero-order valence-corrected chi connectivity index (χ0v) is 19.8. The van der Waals surface area contributed by atoms with Crippen LogP contribution in [0.4, 0.5) is 5.69 Å². The van der Waals surface area contributed by atoms with Crippen LogP contribution in [-0.4, -0.2) is 35.7 Å². The molecule has 0 bridgehead atoms. The molecule has 5 rings (SSSR count). The Balaban J connectivity index is 1.40. The number of para-hydroxylation sites is 2. The number of ether oxygens (including phenoxy) is 2. The van der Waals surface area contributed by atoms with Crippen LogP contribution in [0.2, 0.25) is 0 Å². The van der Waals surface area contributed by atoms with Crippen molar-refractivity contribution in [2.45, 2.75) is 32.7 Å². The van der Waals surface area contributed by atoms with E-state index in [4.69, 9.17) is 14.5 Å². The van der Waals surface area contributed by atoms with Crippen LogP contribution in [0.25, 0.3) is 11.0 Å². The highest BCUT2D eigenvalue weighted by molar-refractivity contribution is 5.96. The predicted octanol–water partition coefficient (Wildman–Crippen LogP) is 5.26. The molecule has 1 fully saturated rings. The molecule has 0 spiro atoms. The minimum absolute atomic E-state index is 0.00630. The average molecular weight is 456 g/mol. The summed E-state index contributed by atoms with van der Waals surface area (Å²) in [6.45, 7) is 5.90. The van der Waals surface area contributed by atoms with E-state index in [1.807, 2.05) is 47.4 Å². The van der Waals surface area contributed by atoms with Gasteiger partial charge in [-0.25, -0.2) is 4.98 Å². The third kappa shape index (κ3) is 4.23. The molecule has 34 heavy (non-hydrogen) atoms. The molecule has 3 aromatic carbocycles. The van der Waals surface area contributed by atoms with Gasteiger partial charge in [0.2, 0.25) is 5.91 Å². The van der Waals surface area contributed by atoms with Gasteiger partial charge in [0.1, 0.15) is 23.9 Å². The number of aromatic nitrogens is 2. The van der Waals surface area contributed by atoms with Crippen molar-refractivity contribution < 1.29 is 14.3 Å². The topological polar surface area (TPSA) is 56.6 Å². The molecule has 1 aromatic heterocycles. The second-order valence-corrected chi connectivity index (χ2v) is 8.83. The van der Waals surface area contributed by atoms with E-state index in [0.29, 0.717) is 26.1 Å². The summed E-state index contributed by atoms with van der Waals surface area (Å²) in [5.41, 5.74) is 5.16. The van der Waals surface area contributed by atoms with Crippen LogP contribution < -0.4 is 14.4 Å². The molecular formula is C28H29N3O3. The molecule has 6 heteroatoms. The molecule has 0 saturated carbocycles. The number of rotatable bonds is 7. The first-order valence-corrected chi connectivity index (χ1v) is 11.6. The van der Waals surface area contributed by atoms with Gasteiger partial charge in [0.25, 0.3) is 0 Å². The number of nitrogens with zero attached hydrogens (tertiary/aromatic N) is 3. The van der Waals surface area contributed by atoms with Gasteiger partial charge in [-0.2, -0.15) is 0 Å². The molecule has 6 nitrogen and oxygen atoms in total. The summed E-state index contributed by atoms with van der Waals surface area (Å²) < 4.78 is 13.7. The molecule has 1 amide bonds. The van der Waals surface area contributed by atoms with E-state index < -0.39 is 0 Å². The number of anilines is 1. The predicted molar refractivity (Wildman–Crippen MR) is 134 cm³/mol. The Hall–Kier alpha value is -3.80. The average Bonchev–Trinajstić information content (AvgIpc) is 3.42. The molecular weight excluding hydrogens is 426 g/mol. The van der Waals surface area contributed by atoms with Crippen molar-refractivity contribution in [2.24, 2.45) is 0 Å². The molecule has 0 radical (unpaired) electrons. The fourth-order valence-electron chi connectivity index (χ4n) is 4.66. The molecule has 174 valence electrons. The van der Waals surface area contributed by atoms with Crippen LogP contribution in [0, 0.1) is 13.8 Å². The van der Waals surface area contributed by atoms with Crippen molar-refractivity contribution >= 4 is 22.6 Å². The monoisotopic (exact) mass is 455 g/mol. The van der Waals surface area contributed by atoms with E-state index in [1.165, 1.54) is 5.56 Å². The van der Waals surface area contributed by atoms with Crippen molar-refractivity contribution in [1.82, 2.24) is 9.55 Å². The van der Waals surface area contributed by atoms with E-state index >= 15 is 0 Å². The van der Waals surface area contributed by atoms with Gasteiger partial charge in [0.05, 0.1) is 24.7 Å². The number of hydrogen-bond donors (Lipinski definition) is 0. The van der Waals surface area contributed by atoms with Crippen molar-refractivity contribution in [3.63, 3.8) is 0 Å². The molecule has 2 heterocycles. The van der Waals surface area contributed by atoms with E-state index in [1.54, 1.807) is 7.11 Å². The number of methoxy groups -OCH3 is 1.